The van der Waals surface area contributed by atoms with Crippen LogP contribution in [0.5, 0.6) is 0 Å². The average Bonchev–Trinajstić information content (AvgIpc) is 2.82. The smallest absolute Gasteiger partial charge is 0.191 e. The second kappa shape index (κ2) is 11.0. The van der Waals surface area contributed by atoms with Crippen molar-refractivity contribution in [2.24, 2.45) is 4.99 Å². The van der Waals surface area contributed by atoms with Crippen molar-refractivity contribution in [3.63, 3.8) is 0 Å². The number of hydrogen-bond donors (Lipinski definition) is 2. The van der Waals surface area contributed by atoms with Gasteiger partial charge in [-0.2, -0.15) is 0 Å². The molecule has 2 heterocycles. The van der Waals surface area contributed by atoms with Crippen LogP contribution in [0.25, 0.3) is 0 Å². The van der Waals surface area contributed by atoms with Crippen LogP contribution >= 0.6 is 0 Å². The van der Waals surface area contributed by atoms with Gasteiger partial charge in [0.2, 0.25) is 0 Å². The highest BCUT2D eigenvalue weighted by Crippen LogP contribution is 2.15. The van der Waals surface area contributed by atoms with Gasteiger partial charge in [-0.3, -0.25) is 4.99 Å². The predicted molar refractivity (Wildman–Crippen MR) is 96.4 cm³/mol. The number of nitrogens with zero attached hydrogens (tertiary/aromatic N) is 4. The number of fused-ring (bicyclic) bond motifs is 1. The highest BCUT2D eigenvalue weighted by atomic mass is 16.5. The summed E-state index contributed by atoms with van der Waals surface area (Å²) in [4.78, 5) is 4.64. The molecule has 0 saturated heterocycles. The fourth-order valence-corrected chi connectivity index (χ4v) is 2.92. The second-order valence-electron chi connectivity index (χ2n) is 6.13. The Labute approximate surface area is 145 Å². The molecule has 7 nitrogen and oxygen atoms in total. The van der Waals surface area contributed by atoms with Crippen LogP contribution in [0.2, 0.25) is 0 Å². The zero-order chi connectivity index (χ0) is 17.0. The van der Waals surface area contributed by atoms with Crippen molar-refractivity contribution >= 4 is 5.96 Å². The van der Waals surface area contributed by atoms with Gasteiger partial charge in [0.1, 0.15) is 11.6 Å². The largest absolute Gasteiger partial charge is 0.385 e. The summed E-state index contributed by atoms with van der Waals surface area (Å²) in [5.41, 5.74) is 0. The van der Waals surface area contributed by atoms with Crippen molar-refractivity contribution in [2.75, 3.05) is 33.4 Å². The predicted octanol–water partition coefficient (Wildman–Crippen LogP) is 1.53. The van der Waals surface area contributed by atoms with Crippen molar-refractivity contribution in [3.05, 3.63) is 11.6 Å². The summed E-state index contributed by atoms with van der Waals surface area (Å²) < 4.78 is 7.39. The number of nitrogens with one attached hydrogen (secondary N) is 2. The Balaban J connectivity index is 1.76. The molecule has 1 aliphatic rings. The first-order chi connectivity index (χ1) is 11.8. The number of aromatic nitrogens is 3. The van der Waals surface area contributed by atoms with Crippen LogP contribution in [0.4, 0.5) is 0 Å². The molecule has 1 aromatic heterocycles. The van der Waals surface area contributed by atoms with Crippen LogP contribution in [0.15, 0.2) is 4.99 Å². The summed E-state index contributed by atoms with van der Waals surface area (Å²) in [7, 11) is 1.73. The van der Waals surface area contributed by atoms with Crippen molar-refractivity contribution in [2.45, 2.75) is 58.4 Å². The molecule has 0 unspecified atom stereocenters. The van der Waals surface area contributed by atoms with E-state index in [2.05, 4.69) is 37.3 Å². The Morgan fingerprint density at radius 1 is 1.21 bits per heavy atom. The first-order valence-corrected chi connectivity index (χ1v) is 9.27. The molecule has 0 aliphatic carbocycles. The molecule has 1 aromatic rings. The Kier molecular flexibility index (Phi) is 8.59. The van der Waals surface area contributed by atoms with E-state index in [1.807, 2.05) is 0 Å². The maximum Gasteiger partial charge on any atom is 0.191 e. The third kappa shape index (κ3) is 6.11. The molecule has 24 heavy (non-hydrogen) atoms. The van der Waals surface area contributed by atoms with E-state index in [1.54, 1.807) is 7.11 Å². The second-order valence-corrected chi connectivity index (χ2v) is 6.13. The van der Waals surface area contributed by atoms with E-state index in [4.69, 9.17) is 4.74 Å². The minimum absolute atomic E-state index is 0.768. The standard InChI is InChI=1S/C17H32N6O/c1-3-18-17(20-12-8-14-24-2)19-11-7-10-16-22-21-15-9-5-4-6-13-23(15)16/h3-14H2,1-2H3,(H2,18,19,20). The molecule has 0 spiro atoms. The maximum atomic E-state index is 5.06. The molecule has 0 aromatic carbocycles. The topological polar surface area (TPSA) is 76.4 Å². The van der Waals surface area contributed by atoms with E-state index < -0.39 is 0 Å². The summed E-state index contributed by atoms with van der Waals surface area (Å²) >= 11 is 0. The first kappa shape index (κ1) is 18.7. The molecule has 7 heteroatoms. The lowest BCUT2D eigenvalue weighted by molar-refractivity contribution is 0.195. The van der Waals surface area contributed by atoms with Crippen molar-refractivity contribution < 1.29 is 4.74 Å². The lowest BCUT2D eigenvalue weighted by Crippen LogP contribution is -2.38. The van der Waals surface area contributed by atoms with Crippen LogP contribution in [-0.2, 0) is 24.1 Å². The first-order valence-electron chi connectivity index (χ1n) is 9.27. The summed E-state index contributed by atoms with van der Waals surface area (Å²) in [5, 5.41) is 15.3. The number of rotatable bonds is 9. The van der Waals surface area contributed by atoms with Crippen LogP contribution in [0.1, 0.15) is 50.7 Å². The quantitative estimate of drug-likeness (QED) is 0.406. The lowest BCUT2D eigenvalue weighted by Gasteiger charge is -2.11. The molecule has 0 fully saturated rings. The maximum absolute atomic E-state index is 5.06. The summed E-state index contributed by atoms with van der Waals surface area (Å²) in [5.74, 6) is 3.17. The van der Waals surface area contributed by atoms with E-state index in [9.17, 15) is 0 Å². The normalized spacial score (nSPS) is 15.0. The Morgan fingerprint density at radius 2 is 2.12 bits per heavy atom. The van der Waals surface area contributed by atoms with Crippen LogP contribution in [0.3, 0.4) is 0 Å². The fraction of sp³-hybridized carbons (Fsp3) is 0.824. The zero-order valence-corrected chi connectivity index (χ0v) is 15.2. The Hall–Kier alpha value is -1.63. The number of aryl methyl sites for hydroxylation is 2. The van der Waals surface area contributed by atoms with Gasteiger partial charge in [-0.05, 0) is 32.6 Å². The minimum Gasteiger partial charge on any atom is -0.385 e. The van der Waals surface area contributed by atoms with Crippen LogP contribution in [0, 0.1) is 0 Å². The van der Waals surface area contributed by atoms with E-state index in [0.29, 0.717) is 0 Å². The summed E-state index contributed by atoms with van der Waals surface area (Å²) in [6.45, 7) is 6.46. The summed E-state index contributed by atoms with van der Waals surface area (Å²) in [6.07, 6.45) is 7.77. The Morgan fingerprint density at radius 3 is 2.96 bits per heavy atom. The molecule has 2 N–H and O–H groups in total. The van der Waals surface area contributed by atoms with E-state index in [-0.39, 0.29) is 0 Å². The third-order valence-corrected chi connectivity index (χ3v) is 4.18. The number of ether oxygens (including phenoxy) is 1. The van der Waals surface area contributed by atoms with Crippen LogP contribution in [-0.4, -0.2) is 54.1 Å². The van der Waals surface area contributed by atoms with Gasteiger partial charge < -0.3 is 19.9 Å². The SMILES string of the molecule is CCNC(=NCCCc1nnc2n1CCCCC2)NCCCOC. The Bertz CT molecular complexity index is 499. The molecule has 0 saturated carbocycles. The third-order valence-electron chi connectivity index (χ3n) is 4.18. The molecular weight excluding hydrogens is 304 g/mol. The van der Waals surface area contributed by atoms with Gasteiger partial charge in [-0.15, -0.1) is 10.2 Å². The van der Waals surface area contributed by atoms with Crippen molar-refractivity contribution in [1.82, 2.24) is 25.4 Å². The fourth-order valence-electron chi connectivity index (χ4n) is 2.92. The molecule has 1 aliphatic heterocycles. The highest BCUT2D eigenvalue weighted by molar-refractivity contribution is 5.79. The zero-order valence-electron chi connectivity index (χ0n) is 15.2. The van der Waals surface area contributed by atoms with Gasteiger partial charge in [0.25, 0.3) is 0 Å². The number of methoxy groups -OCH3 is 1. The van der Waals surface area contributed by atoms with E-state index in [0.717, 1.165) is 70.3 Å². The van der Waals surface area contributed by atoms with Gasteiger partial charge in [0.05, 0.1) is 0 Å². The molecule has 0 radical (unpaired) electrons. The minimum atomic E-state index is 0.768. The molecule has 136 valence electrons. The van der Waals surface area contributed by atoms with Crippen molar-refractivity contribution in [3.8, 4) is 0 Å². The van der Waals surface area contributed by atoms with Gasteiger partial charge in [0, 0.05) is 52.7 Å². The summed E-state index contributed by atoms with van der Waals surface area (Å²) in [6, 6.07) is 0. The van der Waals surface area contributed by atoms with E-state index in [1.165, 1.54) is 25.1 Å². The highest BCUT2D eigenvalue weighted by Gasteiger charge is 2.13. The van der Waals surface area contributed by atoms with Crippen LogP contribution < -0.4 is 10.6 Å². The number of aliphatic imine (C=N–C) groups is 1. The molecular formula is C17H32N6O. The molecule has 0 atom stereocenters. The van der Waals surface area contributed by atoms with Gasteiger partial charge in [-0.25, -0.2) is 0 Å². The average molecular weight is 336 g/mol. The van der Waals surface area contributed by atoms with E-state index >= 15 is 0 Å². The number of hydrogen-bond acceptors (Lipinski definition) is 4. The van der Waals surface area contributed by atoms with Gasteiger partial charge in [-0.1, -0.05) is 6.42 Å². The molecule has 0 amide bonds. The molecule has 2 rings (SSSR count). The lowest BCUT2D eigenvalue weighted by atomic mass is 10.2. The number of guanidine groups is 1. The van der Waals surface area contributed by atoms with Gasteiger partial charge in [0.15, 0.2) is 5.96 Å². The monoisotopic (exact) mass is 336 g/mol. The van der Waals surface area contributed by atoms with Gasteiger partial charge >= 0.3 is 0 Å². The van der Waals surface area contributed by atoms with Crippen molar-refractivity contribution in [1.29, 1.82) is 0 Å². The molecule has 0 bridgehead atoms.